The summed E-state index contributed by atoms with van der Waals surface area (Å²) in [4.78, 5) is 10.9. The Morgan fingerprint density at radius 3 is 2.71 bits per heavy atom. The molecule has 0 saturated heterocycles. The fourth-order valence-electron chi connectivity index (χ4n) is 3.52. The normalized spacial score (nSPS) is 33.8. The van der Waals surface area contributed by atoms with Gasteiger partial charge in [-0.15, -0.1) is 0 Å². The van der Waals surface area contributed by atoms with Crippen molar-refractivity contribution in [2.24, 2.45) is 17.8 Å². The molecular weight excluding hydrogens is 212 g/mol. The van der Waals surface area contributed by atoms with Gasteiger partial charge in [0.2, 0.25) is 0 Å². The van der Waals surface area contributed by atoms with Crippen molar-refractivity contribution in [3.8, 4) is 0 Å². The van der Waals surface area contributed by atoms with Crippen LogP contribution in [-0.2, 0) is 4.79 Å². The van der Waals surface area contributed by atoms with Crippen molar-refractivity contribution in [2.75, 3.05) is 0 Å². The van der Waals surface area contributed by atoms with Gasteiger partial charge in [-0.05, 0) is 57.3 Å². The fourth-order valence-corrected chi connectivity index (χ4v) is 3.52. The minimum atomic E-state index is -0.781. The lowest BCUT2D eigenvalue weighted by molar-refractivity contribution is -0.132. The molecule has 17 heavy (non-hydrogen) atoms. The van der Waals surface area contributed by atoms with Crippen LogP contribution in [0.25, 0.3) is 0 Å². The molecule has 0 amide bonds. The summed E-state index contributed by atoms with van der Waals surface area (Å²) < 4.78 is 0. The third kappa shape index (κ3) is 2.31. The van der Waals surface area contributed by atoms with Crippen molar-refractivity contribution in [3.63, 3.8) is 0 Å². The molecule has 0 aromatic carbocycles. The molecule has 0 bridgehead atoms. The monoisotopic (exact) mass is 234 g/mol. The first-order valence-corrected chi connectivity index (χ1v) is 6.62. The third-order valence-electron chi connectivity index (χ3n) is 4.53. The molecule has 0 heterocycles. The highest BCUT2D eigenvalue weighted by Crippen LogP contribution is 2.48. The minimum absolute atomic E-state index is 0.384. The summed E-state index contributed by atoms with van der Waals surface area (Å²) in [6.07, 6.45) is 6.81. The Hall–Kier alpha value is -1.05. The van der Waals surface area contributed by atoms with Crippen molar-refractivity contribution in [3.05, 3.63) is 22.8 Å². The van der Waals surface area contributed by atoms with Gasteiger partial charge in [0.15, 0.2) is 0 Å². The molecule has 2 nitrogen and oxygen atoms in total. The second kappa shape index (κ2) is 4.67. The number of carboxylic acids is 1. The van der Waals surface area contributed by atoms with E-state index < -0.39 is 5.97 Å². The van der Waals surface area contributed by atoms with Gasteiger partial charge in [0.25, 0.3) is 0 Å². The maximum Gasteiger partial charge on any atom is 0.330 e. The topological polar surface area (TPSA) is 37.3 Å². The Kier molecular flexibility index (Phi) is 3.41. The number of hydrogen-bond acceptors (Lipinski definition) is 1. The van der Waals surface area contributed by atoms with Crippen LogP contribution >= 0.6 is 0 Å². The van der Waals surface area contributed by atoms with Crippen LogP contribution in [-0.4, -0.2) is 11.1 Å². The molecule has 2 aliphatic carbocycles. The van der Waals surface area contributed by atoms with Crippen LogP contribution in [0.2, 0.25) is 0 Å². The van der Waals surface area contributed by atoms with Crippen LogP contribution < -0.4 is 0 Å². The Morgan fingerprint density at radius 1 is 1.35 bits per heavy atom. The molecule has 0 aromatic rings. The lowest BCUT2D eigenvalue weighted by Crippen LogP contribution is -2.23. The van der Waals surface area contributed by atoms with Gasteiger partial charge in [-0.2, -0.15) is 0 Å². The summed E-state index contributed by atoms with van der Waals surface area (Å²) in [5.74, 6) is 1.09. The highest BCUT2D eigenvalue weighted by molar-refractivity contribution is 5.85. The van der Waals surface area contributed by atoms with Gasteiger partial charge in [-0.1, -0.05) is 24.1 Å². The summed E-state index contributed by atoms with van der Waals surface area (Å²) >= 11 is 0. The predicted molar refractivity (Wildman–Crippen MR) is 68.7 cm³/mol. The van der Waals surface area contributed by atoms with E-state index in [2.05, 4.69) is 13.8 Å². The van der Waals surface area contributed by atoms with E-state index in [9.17, 15) is 4.79 Å². The molecule has 0 spiro atoms. The molecule has 0 aromatic heterocycles. The van der Waals surface area contributed by atoms with Crippen molar-refractivity contribution in [1.29, 1.82) is 0 Å². The second-order valence-corrected chi connectivity index (χ2v) is 5.70. The Bertz CT molecular complexity index is 390. The Labute approximate surface area is 103 Å². The van der Waals surface area contributed by atoms with E-state index in [0.29, 0.717) is 17.4 Å². The van der Waals surface area contributed by atoms with Crippen LogP contribution in [0.5, 0.6) is 0 Å². The van der Waals surface area contributed by atoms with Crippen molar-refractivity contribution < 1.29 is 9.90 Å². The number of allylic oxidation sites excluding steroid dienone is 3. The van der Waals surface area contributed by atoms with E-state index >= 15 is 0 Å². The number of fused-ring (bicyclic) bond motifs is 1. The summed E-state index contributed by atoms with van der Waals surface area (Å²) in [6, 6.07) is 0. The molecule has 0 unspecified atom stereocenters. The van der Waals surface area contributed by atoms with Gasteiger partial charge in [0.1, 0.15) is 0 Å². The standard InChI is InChI=1S/C15H22O2/c1-9-4-6-12(8-11(3)15(16)17)14-10(2)5-7-13(9)14/h8-9,12-13H,4-7H2,1-3H3,(H,16,17)/b11-8-/t9-,12+,13-/m0/s1. The maximum atomic E-state index is 10.9. The smallest absolute Gasteiger partial charge is 0.330 e. The SMILES string of the molecule is CC1=C2[C@@H](CC1)[C@@H](C)CC[C@@H]2/C=C(/C)C(=O)O. The average molecular weight is 234 g/mol. The lowest BCUT2D eigenvalue weighted by atomic mass is 9.71. The maximum absolute atomic E-state index is 10.9. The quantitative estimate of drug-likeness (QED) is 0.583. The van der Waals surface area contributed by atoms with Gasteiger partial charge >= 0.3 is 5.97 Å². The van der Waals surface area contributed by atoms with E-state index in [1.54, 1.807) is 12.5 Å². The summed E-state index contributed by atoms with van der Waals surface area (Å²) in [5.41, 5.74) is 3.57. The van der Waals surface area contributed by atoms with Crippen LogP contribution in [0.3, 0.4) is 0 Å². The average Bonchev–Trinajstić information content (AvgIpc) is 2.66. The van der Waals surface area contributed by atoms with E-state index in [0.717, 1.165) is 12.3 Å². The van der Waals surface area contributed by atoms with Crippen LogP contribution in [0.1, 0.15) is 46.5 Å². The molecule has 0 aliphatic heterocycles. The molecule has 2 aliphatic rings. The lowest BCUT2D eigenvalue weighted by Gasteiger charge is -2.34. The zero-order valence-electron chi connectivity index (χ0n) is 11.0. The second-order valence-electron chi connectivity index (χ2n) is 5.70. The number of carbonyl (C=O) groups is 1. The van der Waals surface area contributed by atoms with Gasteiger partial charge in [0, 0.05) is 5.57 Å². The zero-order valence-corrected chi connectivity index (χ0v) is 11.0. The molecule has 3 atom stereocenters. The van der Waals surface area contributed by atoms with Crippen LogP contribution in [0.4, 0.5) is 0 Å². The molecule has 0 radical (unpaired) electrons. The molecular formula is C15H22O2. The Balaban J connectivity index is 2.27. The first kappa shape index (κ1) is 12.4. The zero-order chi connectivity index (χ0) is 12.6. The van der Waals surface area contributed by atoms with Crippen molar-refractivity contribution >= 4 is 5.97 Å². The summed E-state index contributed by atoms with van der Waals surface area (Å²) in [7, 11) is 0. The van der Waals surface area contributed by atoms with Crippen molar-refractivity contribution in [2.45, 2.75) is 46.5 Å². The van der Waals surface area contributed by atoms with Gasteiger partial charge in [0.05, 0.1) is 0 Å². The third-order valence-corrected chi connectivity index (χ3v) is 4.53. The molecule has 2 rings (SSSR count). The first-order valence-electron chi connectivity index (χ1n) is 6.62. The summed E-state index contributed by atoms with van der Waals surface area (Å²) in [6.45, 7) is 6.28. The molecule has 1 fully saturated rings. The Morgan fingerprint density at radius 2 is 2.06 bits per heavy atom. The highest BCUT2D eigenvalue weighted by atomic mass is 16.4. The first-order chi connectivity index (χ1) is 8.00. The van der Waals surface area contributed by atoms with Gasteiger partial charge in [-0.25, -0.2) is 4.79 Å². The van der Waals surface area contributed by atoms with Crippen LogP contribution in [0.15, 0.2) is 22.8 Å². The van der Waals surface area contributed by atoms with E-state index in [4.69, 9.17) is 5.11 Å². The molecule has 94 valence electrons. The fraction of sp³-hybridized carbons (Fsp3) is 0.667. The van der Waals surface area contributed by atoms with Gasteiger partial charge in [-0.3, -0.25) is 0 Å². The number of carboxylic acid groups (broad SMARTS) is 1. The predicted octanol–water partition coefficient (Wildman–Crippen LogP) is 3.79. The number of hydrogen-bond donors (Lipinski definition) is 1. The molecule has 1 saturated carbocycles. The highest BCUT2D eigenvalue weighted by Gasteiger charge is 2.35. The summed E-state index contributed by atoms with van der Waals surface area (Å²) in [5, 5.41) is 8.99. The van der Waals surface area contributed by atoms with E-state index in [1.165, 1.54) is 24.8 Å². The number of aliphatic carboxylic acids is 1. The van der Waals surface area contributed by atoms with E-state index in [1.807, 2.05) is 6.08 Å². The van der Waals surface area contributed by atoms with Gasteiger partial charge < -0.3 is 5.11 Å². The largest absolute Gasteiger partial charge is 0.478 e. The van der Waals surface area contributed by atoms with Crippen molar-refractivity contribution in [1.82, 2.24) is 0 Å². The van der Waals surface area contributed by atoms with E-state index in [-0.39, 0.29) is 0 Å². The molecule has 1 N–H and O–H groups in total. The number of rotatable bonds is 2. The minimum Gasteiger partial charge on any atom is -0.478 e. The molecule has 2 heteroatoms. The van der Waals surface area contributed by atoms with Crippen LogP contribution in [0, 0.1) is 17.8 Å².